The van der Waals surface area contributed by atoms with Crippen molar-refractivity contribution in [3.05, 3.63) is 34.3 Å². The van der Waals surface area contributed by atoms with Gasteiger partial charge in [0.25, 0.3) is 0 Å². The molecule has 2 rings (SSSR count). The fraction of sp³-hybridized carbons (Fsp3) is 0.462. The molecule has 0 aliphatic carbocycles. The maximum absolute atomic E-state index is 11.1. The van der Waals surface area contributed by atoms with Crippen molar-refractivity contribution in [1.82, 2.24) is 4.90 Å². The molecule has 1 fully saturated rings. The number of carbonyl (C=O) groups excluding carboxylic acids is 1. The maximum Gasteiger partial charge on any atom is 0.221 e. The molecule has 0 spiro atoms. The number of nitrogens with two attached hydrogens (primary N) is 1. The molecule has 1 amide bonds. The predicted octanol–water partition coefficient (Wildman–Crippen LogP) is 1.96. The number of hydrogen-bond acceptors (Lipinski definition) is 2. The lowest BCUT2D eigenvalue weighted by molar-refractivity contribution is -0.121. The van der Waals surface area contributed by atoms with Crippen molar-refractivity contribution in [3.63, 3.8) is 0 Å². The second kappa shape index (κ2) is 5.07. The van der Waals surface area contributed by atoms with E-state index in [2.05, 4.69) is 11.0 Å². The standard InChI is InChI=1S/C13H17ClN2O/c1-9-2-3-10(6-12(9)14)7-16-5-4-11(8-16)13(15)17/h2-3,6,11H,4-5,7-8H2,1H3,(H2,15,17)/t11-/m1/s1. The molecule has 2 N–H and O–H groups in total. The Bertz CT molecular complexity index is 433. The minimum Gasteiger partial charge on any atom is -0.369 e. The summed E-state index contributed by atoms with van der Waals surface area (Å²) < 4.78 is 0. The number of primary amides is 1. The molecule has 0 radical (unpaired) electrons. The van der Waals surface area contributed by atoms with Gasteiger partial charge >= 0.3 is 0 Å². The molecule has 0 unspecified atom stereocenters. The fourth-order valence-electron chi connectivity index (χ4n) is 2.20. The van der Waals surface area contributed by atoms with Crippen LogP contribution in [0.25, 0.3) is 0 Å². The number of halogens is 1. The normalized spacial score (nSPS) is 20.7. The van der Waals surface area contributed by atoms with Crippen molar-refractivity contribution >= 4 is 17.5 Å². The number of hydrogen-bond donors (Lipinski definition) is 1. The predicted molar refractivity (Wildman–Crippen MR) is 68.8 cm³/mol. The Morgan fingerprint density at radius 1 is 1.59 bits per heavy atom. The van der Waals surface area contributed by atoms with E-state index in [4.69, 9.17) is 17.3 Å². The minimum absolute atomic E-state index is 0.0101. The Labute approximate surface area is 107 Å². The first-order valence-corrected chi connectivity index (χ1v) is 6.21. The molecule has 1 aromatic carbocycles. The average molecular weight is 253 g/mol. The molecule has 3 nitrogen and oxygen atoms in total. The van der Waals surface area contributed by atoms with Crippen LogP contribution in [0.15, 0.2) is 18.2 Å². The summed E-state index contributed by atoms with van der Waals surface area (Å²) in [6.07, 6.45) is 0.870. The van der Waals surface area contributed by atoms with Gasteiger partial charge in [-0.1, -0.05) is 23.7 Å². The zero-order chi connectivity index (χ0) is 12.4. The number of likely N-dealkylation sites (tertiary alicyclic amines) is 1. The summed E-state index contributed by atoms with van der Waals surface area (Å²) in [6.45, 7) is 4.52. The van der Waals surface area contributed by atoms with Gasteiger partial charge in [-0.05, 0) is 37.1 Å². The van der Waals surface area contributed by atoms with Crippen LogP contribution in [-0.4, -0.2) is 23.9 Å². The first-order chi connectivity index (χ1) is 8.06. The van der Waals surface area contributed by atoms with Crippen LogP contribution in [-0.2, 0) is 11.3 Å². The van der Waals surface area contributed by atoms with Crippen molar-refractivity contribution < 1.29 is 4.79 Å². The molecule has 0 bridgehead atoms. The highest BCUT2D eigenvalue weighted by Gasteiger charge is 2.26. The molecular weight excluding hydrogens is 236 g/mol. The van der Waals surface area contributed by atoms with E-state index in [1.165, 1.54) is 5.56 Å². The van der Waals surface area contributed by atoms with Gasteiger partial charge < -0.3 is 5.73 Å². The molecule has 1 saturated heterocycles. The summed E-state index contributed by atoms with van der Waals surface area (Å²) in [5.74, 6) is -0.176. The van der Waals surface area contributed by atoms with Crippen molar-refractivity contribution in [2.45, 2.75) is 19.9 Å². The monoisotopic (exact) mass is 252 g/mol. The lowest BCUT2D eigenvalue weighted by Crippen LogP contribution is -2.27. The third-order valence-corrected chi connectivity index (χ3v) is 3.72. The second-order valence-corrected chi connectivity index (χ2v) is 5.11. The van der Waals surface area contributed by atoms with Crippen LogP contribution in [0.1, 0.15) is 17.5 Å². The van der Waals surface area contributed by atoms with Gasteiger partial charge in [0.1, 0.15) is 0 Å². The van der Waals surface area contributed by atoms with E-state index >= 15 is 0 Å². The minimum atomic E-state index is -0.186. The van der Waals surface area contributed by atoms with E-state index in [1.54, 1.807) is 0 Å². The van der Waals surface area contributed by atoms with Gasteiger partial charge in [-0.15, -0.1) is 0 Å². The first kappa shape index (κ1) is 12.4. The molecule has 1 aliphatic heterocycles. The molecule has 4 heteroatoms. The zero-order valence-corrected chi connectivity index (χ0v) is 10.7. The highest BCUT2D eigenvalue weighted by Crippen LogP contribution is 2.21. The Morgan fingerprint density at radius 3 is 2.94 bits per heavy atom. The molecule has 0 aromatic heterocycles. The summed E-state index contributed by atoms with van der Waals surface area (Å²) in [6, 6.07) is 6.10. The average Bonchev–Trinajstić information content (AvgIpc) is 2.72. The summed E-state index contributed by atoms with van der Waals surface area (Å²) in [5.41, 5.74) is 7.59. The largest absolute Gasteiger partial charge is 0.369 e. The molecule has 1 aliphatic rings. The van der Waals surface area contributed by atoms with Gasteiger partial charge in [-0.3, -0.25) is 9.69 Å². The van der Waals surface area contributed by atoms with E-state index in [-0.39, 0.29) is 11.8 Å². The number of amides is 1. The van der Waals surface area contributed by atoms with Gasteiger partial charge in [-0.2, -0.15) is 0 Å². The van der Waals surface area contributed by atoms with Gasteiger partial charge in [-0.25, -0.2) is 0 Å². The lowest BCUT2D eigenvalue weighted by atomic mass is 10.1. The van der Waals surface area contributed by atoms with Crippen LogP contribution in [0, 0.1) is 12.8 Å². The first-order valence-electron chi connectivity index (χ1n) is 5.83. The molecule has 17 heavy (non-hydrogen) atoms. The van der Waals surface area contributed by atoms with Crippen molar-refractivity contribution in [3.8, 4) is 0 Å². The molecular formula is C13H17ClN2O. The third kappa shape index (κ3) is 2.99. The van der Waals surface area contributed by atoms with Crippen LogP contribution in [0.4, 0.5) is 0 Å². The summed E-state index contributed by atoms with van der Waals surface area (Å²) >= 11 is 6.09. The van der Waals surface area contributed by atoms with Crippen LogP contribution >= 0.6 is 11.6 Å². The number of nitrogens with zero attached hydrogens (tertiary/aromatic N) is 1. The Balaban J connectivity index is 1.98. The second-order valence-electron chi connectivity index (χ2n) is 4.71. The van der Waals surface area contributed by atoms with Crippen molar-refractivity contribution in [2.24, 2.45) is 11.7 Å². The zero-order valence-electron chi connectivity index (χ0n) is 9.95. The van der Waals surface area contributed by atoms with Crippen LogP contribution < -0.4 is 5.73 Å². The summed E-state index contributed by atoms with van der Waals surface area (Å²) in [4.78, 5) is 13.3. The summed E-state index contributed by atoms with van der Waals surface area (Å²) in [7, 11) is 0. The van der Waals surface area contributed by atoms with Crippen molar-refractivity contribution in [1.29, 1.82) is 0 Å². The third-order valence-electron chi connectivity index (χ3n) is 3.32. The van der Waals surface area contributed by atoms with E-state index in [9.17, 15) is 4.79 Å². The molecule has 0 saturated carbocycles. The number of rotatable bonds is 3. The van der Waals surface area contributed by atoms with E-state index in [0.29, 0.717) is 0 Å². The van der Waals surface area contributed by atoms with E-state index in [0.717, 1.165) is 36.6 Å². The highest BCUT2D eigenvalue weighted by atomic mass is 35.5. The van der Waals surface area contributed by atoms with Gasteiger partial charge in [0.05, 0.1) is 5.92 Å². The smallest absolute Gasteiger partial charge is 0.221 e. The Morgan fingerprint density at radius 2 is 2.35 bits per heavy atom. The quantitative estimate of drug-likeness (QED) is 0.894. The van der Waals surface area contributed by atoms with E-state index < -0.39 is 0 Å². The Hall–Kier alpha value is -1.06. The number of benzene rings is 1. The van der Waals surface area contributed by atoms with Gasteiger partial charge in [0, 0.05) is 18.1 Å². The molecule has 1 aromatic rings. The van der Waals surface area contributed by atoms with Gasteiger partial charge in [0.2, 0.25) is 5.91 Å². The maximum atomic E-state index is 11.1. The van der Waals surface area contributed by atoms with Crippen LogP contribution in [0.5, 0.6) is 0 Å². The molecule has 1 atom stereocenters. The topological polar surface area (TPSA) is 46.3 Å². The number of aryl methyl sites for hydroxylation is 1. The van der Waals surface area contributed by atoms with Crippen LogP contribution in [0.2, 0.25) is 5.02 Å². The van der Waals surface area contributed by atoms with Gasteiger partial charge in [0.15, 0.2) is 0 Å². The highest BCUT2D eigenvalue weighted by molar-refractivity contribution is 6.31. The lowest BCUT2D eigenvalue weighted by Gasteiger charge is -2.15. The Kier molecular flexibility index (Phi) is 3.69. The SMILES string of the molecule is Cc1ccc(CN2CC[C@@H](C(N)=O)C2)cc1Cl. The fourth-order valence-corrected chi connectivity index (χ4v) is 2.40. The molecule has 1 heterocycles. The van der Waals surface area contributed by atoms with E-state index in [1.807, 2.05) is 19.1 Å². The summed E-state index contributed by atoms with van der Waals surface area (Å²) in [5, 5.41) is 0.799. The van der Waals surface area contributed by atoms with Crippen LogP contribution in [0.3, 0.4) is 0 Å². The van der Waals surface area contributed by atoms with Crippen molar-refractivity contribution in [2.75, 3.05) is 13.1 Å². The molecule has 92 valence electrons. The number of carbonyl (C=O) groups is 1.